The van der Waals surface area contributed by atoms with E-state index in [-0.39, 0.29) is 28.6 Å². The number of hydrogen-bond donors (Lipinski definition) is 1. The van der Waals surface area contributed by atoms with Crippen LogP contribution in [0.3, 0.4) is 0 Å². The molecule has 5 rings (SSSR count). The normalized spacial score (nSPS) is 15.8. The Hall–Kier alpha value is -3.64. The number of hydrogen-bond acceptors (Lipinski definition) is 3. The average Bonchev–Trinajstić information content (AvgIpc) is 3.21. The Morgan fingerprint density at radius 1 is 1.00 bits per heavy atom. The smallest absolute Gasteiger partial charge is 0.256 e. The van der Waals surface area contributed by atoms with Crippen molar-refractivity contribution in [3.63, 3.8) is 0 Å². The molecular weight excluding hydrogens is 435 g/mol. The van der Waals surface area contributed by atoms with Crippen LogP contribution in [0.5, 0.6) is 0 Å². The number of carbonyl (C=O) groups excluding carboxylic acids is 2. The van der Waals surface area contributed by atoms with E-state index >= 15 is 0 Å². The van der Waals surface area contributed by atoms with Gasteiger partial charge in [-0.25, -0.2) is 4.39 Å². The van der Waals surface area contributed by atoms with E-state index in [1.54, 1.807) is 18.2 Å². The molecule has 1 aliphatic heterocycles. The Balaban J connectivity index is 1.45. The molecule has 1 fully saturated rings. The molecular formula is C27H21FN2O2S. The average molecular weight is 457 g/mol. The summed E-state index contributed by atoms with van der Waals surface area (Å²) in [6, 6.07) is 25.5. The quantitative estimate of drug-likeness (QED) is 0.391. The van der Waals surface area contributed by atoms with E-state index in [0.29, 0.717) is 11.3 Å². The molecule has 1 heterocycles. The highest BCUT2D eigenvalue weighted by Gasteiger charge is 2.35. The van der Waals surface area contributed by atoms with Gasteiger partial charge in [0.15, 0.2) is 0 Å². The van der Waals surface area contributed by atoms with Crippen LogP contribution in [0.2, 0.25) is 0 Å². The van der Waals surface area contributed by atoms with Crippen molar-refractivity contribution >= 4 is 45.7 Å². The zero-order valence-corrected chi connectivity index (χ0v) is 18.7. The van der Waals surface area contributed by atoms with E-state index in [0.717, 1.165) is 21.9 Å². The number of benzene rings is 4. The zero-order valence-electron chi connectivity index (χ0n) is 17.9. The van der Waals surface area contributed by atoms with Crippen LogP contribution in [-0.2, 0) is 4.79 Å². The minimum atomic E-state index is -0.429. The van der Waals surface area contributed by atoms with Gasteiger partial charge in [0.05, 0.1) is 11.4 Å². The number of amides is 2. The molecule has 1 atom stereocenters. The number of nitrogens with one attached hydrogen (secondary N) is 1. The van der Waals surface area contributed by atoms with Crippen molar-refractivity contribution in [3.05, 3.63) is 107 Å². The minimum absolute atomic E-state index is 0.139. The molecule has 6 heteroatoms. The third kappa shape index (κ3) is 4.10. The largest absolute Gasteiger partial charge is 0.322 e. The molecule has 2 amide bonds. The second-order valence-electron chi connectivity index (χ2n) is 7.99. The molecule has 4 aromatic rings. The van der Waals surface area contributed by atoms with E-state index in [9.17, 15) is 14.0 Å². The molecule has 33 heavy (non-hydrogen) atoms. The lowest BCUT2D eigenvalue weighted by molar-refractivity contribution is -0.115. The van der Waals surface area contributed by atoms with Crippen molar-refractivity contribution in [2.75, 3.05) is 16.0 Å². The van der Waals surface area contributed by atoms with Gasteiger partial charge in [-0.15, -0.1) is 11.8 Å². The predicted molar refractivity (Wildman–Crippen MR) is 132 cm³/mol. The van der Waals surface area contributed by atoms with Gasteiger partial charge in [-0.2, -0.15) is 0 Å². The number of carbonyl (C=O) groups is 2. The Morgan fingerprint density at radius 3 is 2.67 bits per heavy atom. The Bertz CT molecular complexity index is 1380. The molecule has 0 radical (unpaired) electrons. The lowest BCUT2D eigenvalue weighted by Crippen LogP contribution is -2.28. The van der Waals surface area contributed by atoms with Crippen molar-refractivity contribution in [3.8, 4) is 0 Å². The fourth-order valence-electron chi connectivity index (χ4n) is 4.13. The molecule has 0 bridgehead atoms. The van der Waals surface area contributed by atoms with Gasteiger partial charge >= 0.3 is 0 Å². The van der Waals surface area contributed by atoms with Crippen LogP contribution in [0.25, 0.3) is 10.8 Å². The second-order valence-corrected chi connectivity index (χ2v) is 9.06. The van der Waals surface area contributed by atoms with Crippen LogP contribution in [0.1, 0.15) is 26.9 Å². The van der Waals surface area contributed by atoms with E-state index in [1.807, 2.05) is 67.6 Å². The first-order valence-electron chi connectivity index (χ1n) is 10.6. The minimum Gasteiger partial charge on any atom is -0.322 e. The van der Waals surface area contributed by atoms with Crippen LogP contribution in [0, 0.1) is 12.7 Å². The maximum absolute atomic E-state index is 14.6. The molecule has 1 N–H and O–H groups in total. The predicted octanol–water partition coefficient (Wildman–Crippen LogP) is 6.32. The zero-order chi connectivity index (χ0) is 22.9. The molecule has 4 aromatic carbocycles. The van der Waals surface area contributed by atoms with E-state index in [1.165, 1.54) is 22.7 Å². The summed E-state index contributed by atoms with van der Waals surface area (Å²) in [5.41, 5.74) is 3.19. The van der Waals surface area contributed by atoms with Crippen LogP contribution in [0.4, 0.5) is 15.8 Å². The first-order valence-corrected chi connectivity index (χ1v) is 11.6. The molecule has 1 aliphatic rings. The Kier molecular flexibility index (Phi) is 5.60. The molecule has 1 saturated heterocycles. The molecule has 4 nitrogen and oxygen atoms in total. The molecule has 0 unspecified atom stereocenters. The second kappa shape index (κ2) is 8.71. The van der Waals surface area contributed by atoms with E-state index < -0.39 is 5.82 Å². The van der Waals surface area contributed by atoms with E-state index in [2.05, 4.69) is 5.32 Å². The van der Waals surface area contributed by atoms with Crippen molar-refractivity contribution in [2.45, 2.75) is 12.3 Å². The highest BCUT2D eigenvalue weighted by atomic mass is 32.2. The Labute approximate surface area is 195 Å². The topological polar surface area (TPSA) is 49.4 Å². The maximum Gasteiger partial charge on any atom is 0.256 e. The van der Waals surface area contributed by atoms with Crippen LogP contribution >= 0.6 is 11.8 Å². The Morgan fingerprint density at radius 2 is 1.79 bits per heavy atom. The van der Waals surface area contributed by atoms with Crippen LogP contribution in [0.15, 0.2) is 84.9 Å². The monoisotopic (exact) mass is 456 g/mol. The highest BCUT2D eigenvalue weighted by Crippen LogP contribution is 2.43. The van der Waals surface area contributed by atoms with Gasteiger partial charge in [0.1, 0.15) is 11.2 Å². The fourth-order valence-corrected chi connectivity index (χ4v) is 5.29. The van der Waals surface area contributed by atoms with Crippen LogP contribution in [-0.4, -0.2) is 17.6 Å². The summed E-state index contributed by atoms with van der Waals surface area (Å²) in [6.45, 7) is 1.87. The number of thioether (sulfide) groups is 1. The number of anilines is 2. The van der Waals surface area contributed by atoms with Gasteiger partial charge in [-0.3, -0.25) is 14.5 Å². The number of fused-ring (bicyclic) bond motifs is 1. The molecule has 164 valence electrons. The first kappa shape index (κ1) is 21.2. The number of rotatable bonds is 4. The van der Waals surface area contributed by atoms with Crippen molar-refractivity contribution in [1.82, 2.24) is 0 Å². The van der Waals surface area contributed by atoms with Crippen molar-refractivity contribution in [1.29, 1.82) is 0 Å². The third-order valence-corrected chi connectivity index (χ3v) is 6.91. The van der Waals surface area contributed by atoms with Gasteiger partial charge < -0.3 is 5.32 Å². The summed E-state index contributed by atoms with van der Waals surface area (Å²) in [5, 5.41) is 4.48. The first-order chi connectivity index (χ1) is 16.0. The van der Waals surface area contributed by atoms with E-state index in [4.69, 9.17) is 0 Å². The standard InChI is InChI=1S/C27H21FN2O2S/c1-17-12-13-23(28)24(14-17)30-25(31)16-33-27(30)19-8-4-9-20(15-19)29-26(32)22-11-5-7-18-6-2-3-10-21(18)22/h2-15,27H,16H2,1H3,(H,29,32)/t27-/m0/s1. The summed E-state index contributed by atoms with van der Waals surface area (Å²) >= 11 is 1.44. The molecule has 0 aliphatic carbocycles. The van der Waals surface area contributed by atoms with Gasteiger partial charge in [0, 0.05) is 11.3 Å². The van der Waals surface area contributed by atoms with Gasteiger partial charge in [-0.1, -0.05) is 54.6 Å². The van der Waals surface area contributed by atoms with Gasteiger partial charge in [0.2, 0.25) is 5.91 Å². The highest BCUT2D eigenvalue weighted by molar-refractivity contribution is 8.00. The number of halogens is 1. The van der Waals surface area contributed by atoms with Gasteiger partial charge in [-0.05, 0) is 59.2 Å². The lowest BCUT2D eigenvalue weighted by Gasteiger charge is -2.25. The van der Waals surface area contributed by atoms with Gasteiger partial charge in [0.25, 0.3) is 5.91 Å². The molecule has 0 spiro atoms. The van der Waals surface area contributed by atoms with Crippen molar-refractivity contribution in [2.24, 2.45) is 0 Å². The van der Waals surface area contributed by atoms with Crippen molar-refractivity contribution < 1.29 is 14.0 Å². The third-order valence-electron chi connectivity index (χ3n) is 5.69. The lowest BCUT2D eigenvalue weighted by atomic mass is 10.0. The summed E-state index contributed by atoms with van der Waals surface area (Å²) in [6.07, 6.45) is 0. The summed E-state index contributed by atoms with van der Waals surface area (Å²) in [7, 11) is 0. The number of aryl methyl sites for hydroxylation is 1. The SMILES string of the molecule is Cc1ccc(F)c(N2C(=O)CS[C@H]2c2cccc(NC(=O)c3cccc4ccccc34)c2)c1. The number of nitrogens with zero attached hydrogens (tertiary/aromatic N) is 1. The summed E-state index contributed by atoms with van der Waals surface area (Å²) < 4.78 is 14.6. The molecule has 0 saturated carbocycles. The summed E-state index contributed by atoms with van der Waals surface area (Å²) in [4.78, 5) is 27.2. The fraction of sp³-hybridized carbons (Fsp3) is 0.111. The summed E-state index contributed by atoms with van der Waals surface area (Å²) in [5.74, 6) is -0.507. The molecule has 0 aromatic heterocycles. The van der Waals surface area contributed by atoms with Crippen LogP contribution < -0.4 is 10.2 Å². The maximum atomic E-state index is 14.6.